The maximum Gasteiger partial charge on any atom is 0.140 e. The quantitative estimate of drug-likeness (QED) is 0.798. The molecule has 15 heavy (non-hydrogen) atoms. The Bertz CT molecular complexity index is 447. The Morgan fingerprint density at radius 1 is 1.33 bits per heavy atom. The fourth-order valence-corrected chi connectivity index (χ4v) is 1.59. The van der Waals surface area contributed by atoms with Crippen LogP contribution in [-0.4, -0.2) is 9.97 Å². The molecule has 78 valence electrons. The fourth-order valence-electron chi connectivity index (χ4n) is 1.59. The average molecular weight is 204 g/mol. The van der Waals surface area contributed by atoms with Crippen LogP contribution in [0.3, 0.4) is 0 Å². The first-order valence-electron chi connectivity index (χ1n) is 4.98. The number of aromatic amines is 1. The van der Waals surface area contributed by atoms with Gasteiger partial charge in [-0.3, -0.25) is 0 Å². The Balaban J connectivity index is 2.54. The molecule has 0 amide bonds. The van der Waals surface area contributed by atoms with Gasteiger partial charge in [-0.15, -0.1) is 0 Å². The summed E-state index contributed by atoms with van der Waals surface area (Å²) >= 11 is 0. The van der Waals surface area contributed by atoms with E-state index in [1.165, 1.54) is 0 Å². The highest BCUT2D eigenvalue weighted by Gasteiger charge is 2.13. The third-order valence-corrected chi connectivity index (χ3v) is 2.40. The molecule has 0 atom stereocenters. The van der Waals surface area contributed by atoms with Gasteiger partial charge in [-0.1, -0.05) is 26.0 Å². The number of nitrogens with zero attached hydrogens (tertiary/aromatic N) is 1. The first-order chi connectivity index (χ1) is 7.20. The van der Waals surface area contributed by atoms with Crippen LogP contribution in [0.5, 0.6) is 0 Å². The van der Waals surface area contributed by atoms with Crippen LogP contribution in [0.15, 0.2) is 30.6 Å². The van der Waals surface area contributed by atoms with Crippen molar-refractivity contribution in [2.45, 2.75) is 19.8 Å². The molecule has 1 aromatic heterocycles. The minimum Gasteiger partial charge on any atom is -0.345 e. The van der Waals surface area contributed by atoms with Crippen molar-refractivity contribution in [3.8, 4) is 11.4 Å². The lowest BCUT2D eigenvalue weighted by Gasteiger charge is -2.09. The Labute approximate surface area is 88.2 Å². The molecule has 1 aromatic carbocycles. The number of aromatic nitrogens is 2. The van der Waals surface area contributed by atoms with Crippen LogP contribution in [0.2, 0.25) is 0 Å². The van der Waals surface area contributed by atoms with Crippen LogP contribution < -0.4 is 0 Å². The number of benzene rings is 1. The summed E-state index contributed by atoms with van der Waals surface area (Å²) in [5.74, 6) is 0.581. The summed E-state index contributed by atoms with van der Waals surface area (Å²) < 4.78 is 14.0. The van der Waals surface area contributed by atoms with Crippen molar-refractivity contribution in [3.05, 3.63) is 42.0 Å². The third kappa shape index (κ3) is 1.77. The Kier molecular flexibility index (Phi) is 2.54. The molecule has 0 bridgehead atoms. The molecule has 0 aliphatic rings. The SMILES string of the molecule is CC(C)c1cccc(-c2ncc[nH]2)c1F. The number of hydrogen-bond donors (Lipinski definition) is 1. The van der Waals surface area contributed by atoms with Gasteiger partial charge >= 0.3 is 0 Å². The highest BCUT2D eigenvalue weighted by atomic mass is 19.1. The number of H-pyrrole nitrogens is 1. The molecule has 1 heterocycles. The predicted molar refractivity (Wildman–Crippen MR) is 58.1 cm³/mol. The molecule has 0 aliphatic carbocycles. The zero-order valence-electron chi connectivity index (χ0n) is 8.79. The minimum absolute atomic E-state index is 0.178. The van der Waals surface area contributed by atoms with Crippen molar-refractivity contribution < 1.29 is 4.39 Å². The lowest BCUT2D eigenvalue weighted by Crippen LogP contribution is -1.96. The molecule has 2 aromatic rings. The summed E-state index contributed by atoms with van der Waals surface area (Å²) in [5.41, 5.74) is 1.26. The van der Waals surface area contributed by atoms with Crippen molar-refractivity contribution in [1.29, 1.82) is 0 Å². The Hall–Kier alpha value is -1.64. The van der Waals surface area contributed by atoms with Crippen LogP contribution in [-0.2, 0) is 0 Å². The second-order valence-electron chi connectivity index (χ2n) is 3.80. The van der Waals surface area contributed by atoms with Crippen molar-refractivity contribution in [3.63, 3.8) is 0 Å². The van der Waals surface area contributed by atoms with Gasteiger partial charge in [0.15, 0.2) is 0 Å². The monoisotopic (exact) mass is 204 g/mol. The number of rotatable bonds is 2. The number of halogens is 1. The maximum absolute atomic E-state index is 14.0. The summed E-state index contributed by atoms with van der Waals surface area (Å²) in [6.07, 6.45) is 3.31. The molecule has 1 N–H and O–H groups in total. The van der Waals surface area contributed by atoms with Crippen LogP contribution >= 0.6 is 0 Å². The highest BCUT2D eigenvalue weighted by molar-refractivity contribution is 5.57. The smallest absolute Gasteiger partial charge is 0.140 e. The Morgan fingerprint density at radius 3 is 2.73 bits per heavy atom. The second kappa shape index (κ2) is 3.85. The van der Waals surface area contributed by atoms with E-state index >= 15 is 0 Å². The molecule has 0 saturated heterocycles. The van der Waals surface area contributed by atoms with E-state index in [2.05, 4.69) is 9.97 Å². The zero-order chi connectivity index (χ0) is 10.8. The molecule has 0 radical (unpaired) electrons. The number of nitrogens with one attached hydrogen (secondary N) is 1. The standard InChI is InChI=1S/C12H13FN2/c1-8(2)9-4-3-5-10(11(9)13)12-14-6-7-15-12/h3-8H,1-2H3,(H,14,15). The molecular weight excluding hydrogens is 191 g/mol. The summed E-state index contributed by atoms with van der Waals surface area (Å²) in [4.78, 5) is 6.96. The maximum atomic E-state index is 14.0. The fraction of sp³-hybridized carbons (Fsp3) is 0.250. The molecule has 0 saturated carbocycles. The van der Waals surface area contributed by atoms with Crippen LogP contribution in [0.4, 0.5) is 4.39 Å². The minimum atomic E-state index is -0.178. The predicted octanol–water partition coefficient (Wildman–Crippen LogP) is 3.34. The van der Waals surface area contributed by atoms with Gasteiger partial charge in [-0.05, 0) is 17.5 Å². The van der Waals surface area contributed by atoms with E-state index in [0.29, 0.717) is 11.4 Å². The van der Waals surface area contributed by atoms with E-state index in [1.807, 2.05) is 26.0 Å². The van der Waals surface area contributed by atoms with Gasteiger partial charge in [0.05, 0.1) is 5.56 Å². The molecule has 0 fully saturated rings. The van der Waals surface area contributed by atoms with E-state index < -0.39 is 0 Å². The van der Waals surface area contributed by atoms with E-state index in [9.17, 15) is 4.39 Å². The van der Waals surface area contributed by atoms with Crippen molar-refractivity contribution in [2.24, 2.45) is 0 Å². The number of imidazole rings is 1. The topological polar surface area (TPSA) is 28.7 Å². The van der Waals surface area contributed by atoms with Gasteiger partial charge in [0.25, 0.3) is 0 Å². The second-order valence-corrected chi connectivity index (χ2v) is 3.80. The lowest BCUT2D eigenvalue weighted by molar-refractivity contribution is 0.601. The van der Waals surface area contributed by atoms with Crippen LogP contribution in [0.1, 0.15) is 25.3 Å². The highest BCUT2D eigenvalue weighted by Crippen LogP contribution is 2.26. The van der Waals surface area contributed by atoms with Gasteiger partial charge in [0.1, 0.15) is 11.6 Å². The molecule has 2 rings (SSSR count). The lowest BCUT2D eigenvalue weighted by atomic mass is 9.99. The van der Waals surface area contributed by atoms with Gasteiger partial charge in [-0.2, -0.15) is 0 Å². The van der Waals surface area contributed by atoms with E-state index in [0.717, 1.165) is 5.56 Å². The van der Waals surface area contributed by atoms with Crippen molar-refractivity contribution in [2.75, 3.05) is 0 Å². The van der Waals surface area contributed by atoms with Crippen LogP contribution in [0.25, 0.3) is 11.4 Å². The van der Waals surface area contributed by atoms with Crippen molar-refractivity contribution >= 4 is 0 Å². The number of hydrogen-bond acceptors (Lipinski definition) is 1. The summed E-state index contributed by atoms with van der Waals surface area (Å²) in [5, 5.41) is 0. The molecule has 2 nitrogen and oxygen atoms in total. The Morgan fingerprint density at radius 2 is 2.13 bits per heavy atom. The average Bonchev–Trinajstić information content (AvgIpc) is 2.70. The van der Waals surface area contributed by atoms with Crippen molar-refractivity contribution in [1.82, 2.24) is 9.97 Å². The van der Waals surface area contributed by atoms with E-state index in [4.69, 9.17) is 0 Å². The first-order valence-corrected chi connectivity index (χ1v) is 4.98. The molecule has 0 spiro atoms. The third-order valence-electron chi connectivity index (χ3n) is 2.40. The van der Waals surface area contributed by atoms with E-state index in [1.54, 1.807) is 18.5 Å². The normalized spacial score (nSPS) is 10.9. The van der Waals surface area contributed by atoms with Gasteiger partial charge in [0, 0.05) is 12.4 Å². The zero-order valence-corrected chi connectivity index (χ0v) is 8.79. The van der Waals surface area contributed by atoms with Gasteiger partial charge in [0.2, 0.25) is 0 Å². The summed E-state index contributed by atoms with van der Waals surface area (Å²) in [6, 6.07) is 5.41. The first kappa shape index (κ1) is 9.90. The van der Waals surface area contributed by atoms with Crippen LogP contribution in [0, 0.1) is 5.82 Å². The van der Waals surface area contributed by atoms with E-state index in [-0.39, 0.29) is 11.7 Å². The van der Waals surface area contributed by atoms with Gasteiger partial charge in [-0.25, -0.2) is 9.37 Å². The molecule has 0 unspecified atom stereocenters. The summed E-state index contributed by atoms with van der Waals surface area (Å²) in [7, 11) is 0. The molecule has 0 aliphatic heterocycles. The molecular formula is C12H13FN2. The largest absolute Gasteiger partial charge is 0.345 e. The summed E-state index contributed by atoms with van der Waals surface area (Å²) in [6.45, 7) is 3.95. The molecule has 3 heteroatoms. The van der Waals surface area contributed by atoms with Gasteiger partial charge < -0.3 is 4.98 Å².